The molecular weight excluding hydrogens is 220 g/mol. The SMILES string of the molecule is CN(C(=O)O)c1cc(Cl)nc2ccnn12. The van der Waals surface area contributed by atoms with Crippen molar-refractivity contribution in [3.8, 4) is 0 Å². The molecule has 0 unspecified atom stereocenters. The van der Waals surface area contributed by atoms with Crippen LogP contribution in [0.5, 0.6) is 0 Å². The van der Waals surface area contributed by atoms with E-state index in [1.807, 2.05) is 0 Å². The smallest absolute Gasteiger partial charge is 0.412 e. The van der Waals surface area contributed by atoms with Crippen LogP contribution in [-0.4, -0.2) is 32.8 Å². The van der Waals surface area contributed by atoms with Gasteiger partial charge in [-0.05, 0) is 0 Å². The Bertz CT molecular complexity index is 524. The summed E-state index contributed by atoms with van der Waals surface area (Å²) in [4.78, 5) is 15.8. The van der Waals surface area contributed by atoms with E-state index in [1.54, 1.807) is 6.07 Å². The summed E-state index contributed by atoms with van der Waals surface area (Å²) in [5, 5.41) is 13.0. The van der Waals surface area contributed by atoms with Gasteiger partial charge in [0.15, 0.2) is 5.65 Å². The van der Waals surface area contributed by atoms with Gasteiger partial charge in [0.2, 0.25) is 0 Å². The molecule has 0 aliphatic rings. The second kappa shape index (κ2) is 3.39. The predicted octanol–water partition coefficient (Wildman–Crippen LogP) is 1.50. The number of carboxylic acid groups (broad SMARTS) is 1. The molecule has 0 spiro atoms. The lowest BCUT2D eigenvalue weighted by molar-refractivity contribution is 0.203. The van der Waals surface area contributed by atoms with E-state index in [4.69, 9.17) is 16.7 Å². The lowest BCUT2D eigenvalue weighted by Crippen LogP contribution is -2.26. The molecule has 0 saturated heterocycles. The van der Waals surface area contributed by atoms with E-state index in [0.717, 1.165) is 4.90 Å². The molecule has 0 atom stereocenters. The Morgan fingerprint density at radius 1 is 1.67 bits per heavy atom. The van der Waals surface area contributed by atoms with E-state index in [1.165, 1.54) is 23.8 Å². The zero-order chi connectivity index (χ0) is 11.0. The summed E-state index contributed by atoms with van der Waals surface area (Å²) in [6.45, 7) is 0. The van der Waals surface area contributed by atoms with E-state index in [0.29, 0.717) is 11.5 Å². The Kier molecular flexibility index (Phi) is 2.20. The van der Waals surface area contributed by atoms with Gasteiger partial charge in [0.25, 0.3) is 0 Å². The van der Waals surface area contributed by atoms with Crippen molar-refractivity contribution in [3.63, 3.8) is 0 Å². The first-order chi connectivity index (χ1) is 7.09. The molecule has 1 amide bonds. The maximum Gasteiger partial charge on any atom is 0.412 e. The van der Waals surface area contributed by atoms with Crippen LogP contribution in [0.3, 0.4) is 0 Å². The van der Waals surface area contributed by atoms with Crippen molar-refractivity contribution in [2.75, 3.05) is 11.9 Å². The van der Waals surface area contributed by atoms with Gasteiger partial charge < -0.3 is 5.11 Å². The molecule has 0 radical (unpaired) electrons. The Morgan fingerprint density at radius 2 is 2.40 bits per heavy atom. The number of amides is 1. The summed E-state index contributed by atoms with van der Waals surface area (Å²) >= 11 is 5.76. The van der Waals surface area contributed by atoms with Crippen LogP contribution in [0.1, 0.15) is 0 Å². The summed E-state index contributed by atoms with van der Waals surface area (Å²) in [5.74, 6) is 0.350. The average Bonchev–Trinajstić information content (AvgIpc) is 2.62. The molecule has 7 heteroatoms. The Labute approximate surface area is 89.7 Å². The lowest BCUT2D eigenvalue weighted by Gasteiger charge is -2.14. The van der Waals surface area contributed by atoms with E-state index in [9.17, 15) is 4.79 Å². The van der Waals surface area contributed by atoms with Crippen LogP contribution >= 0.6 is 11.6 Å². The van der Waals surface area contributed by atoms with Crippen LogP contribution in [0, 0.1) is 0 Å². The van der Waals surface area contributed by atoms with E-state index >= 15 is 0 Å². The standard InChI is InChI=1S/C8H7ClN4O2/c1-12(8(14)15)7-4-5(9)11-6-2-3-10-13(6)7/h2-4H,1H3,(H,14,15). The van der Waals surface area contributed by atoms with Gasteiger partial charge >= 0.3 is 6.09 Å². The van der Waals surface area contributed by atoms with E-state index < -0.39 is 6.09 Å². The second-order valence-electron chi connectivity index (χ2n) is 2.88. The van der Waals surface area contributed by atoms with Gasteiger partial charge in [0.1, 0.15) is 11.0 Å². The van der Waals surface area contributed by atoms with Crippen molar-refractivity contribution in [3.05, 3.63) is 23.5 Å². The summed E-state index contributed by atoms with van der Waals surface area (Å²) in [6, 6.07) is 3.08. The molecule has 0 aliphatic heterocycles. The van der Waals surface area contributed by atoms with Crippen LogP contribution in [0.25, 0.3) is 5.65 Å². The van der Waals surface area contributed by atoms with E-state index in [-0.39, 0.29) is 5.15 Å². The Hall–Kier alpha value is -1.82. The number of rotatable bonds is 1. The van der Waals surface area contributed by atoms with Crippen molar-refractivity contribution in [2.24, 2.45) is 0 Å². The molecule has 0 fully saturated rings. The molecule has 0 aromatic carbocycles. The third kappa shape index (κ3) is 1.59. The summed E-state index contributed by atoms with van der Waals surface area (Å²) in [5.41, 5.74) is 0.505. The fourth-order valence-corrected chi connectivity index (χ4v) is 1.39. The van der Waals surface area contributed by atoms with Crippen molar-refractivity contribution in [2.45, 2.75) is 0 Å². The molecular formula is C8H7ClN4O2. The summed E-state index contributed by atoms with van der Waals surface area (Å²) in [7, 11) is 1.41. The molecule has 1 N–H and O–H groups in total. The highest BCUT2D eigenvalue weighted by Crippen LogP contribution is 2.18. The fraction of sp³-hybridized carbons (Fsp3) is 0.125. The number of hydrogen-bond donors (Lipinski definition) is 1. The highest BCUT2D eigenvalue weighted by atomic mass is 35.5. The van der Waals surface area contributed by atoms with Gasteiger partial charge in [-0.2, -0.15) is 9.61 Å². The van der Waals surface area contributed by atoms with Gasteiger partial charge in [-0.3, -0.25) is 4.90 Å². The van der Waals surface area contributed by atoms with Crippen molar-refractivity contribution in [1.29, 1.82) is 0 Å². The molecule has 0 aliphatic carbocycles. The maximum atomic E-state index is 10.8. The first kappa shape index (κ1) is 9.72. The minimum Gasteiger partial charge on any atom is -0.465 e. The average molecular weight is 227 g/mol. The number of halogens is 1. The van der Waals surface area contributed by atoms with E-state index in [2.05, 4.69) is 10.1 Å². The van der Waals surface area contributed by atoms with Gasteiger partial charge in [0, 0.05) is 19.2 Å². The number of anilines is 1. The van der Waals surface area contributed by atoms with Gasteiger partial charge in [-0.25, -0.2) is 9.78 Å². The Balaban J connectivity index is 2.67. The first-order valence-electron chi connectivity index (χ1n) is 4.06. The zero-order valence-electron chi connectivity index (χ0n) is 7.75. The number of fused-ring (bicyclic) bond motifs is 1. The molecule has 2 aromatic heterocycles. The first-order valence-corrected chi connectivity index (χ1v) is 4.44. The molecule has 2 aromatic rings. The molecule has 0 saturated carbocycles. The number of nitrogens with zero attached hydrogens (tertiary/aromatic N) is 4. The van der Waals surface area contributed by atoms with Gasteiger partial charge in [0.05, 0.1) is 6.20 Å². The topological polar surface area (TPSA) is 70.7 Å². The van der Waals surface area contributed by atoms with Gasteiger partial charge in [-0.1, -0.05) is 11.6 Å². The number of hydrogen-bond acceptors (Lipinski definition) is 3. The Morgan fingerprint density at radius 3 is 3.07 bits per heavy atom. The molecule has 15 heavy (non-hydrogen) atoms. The van der Waals surface area contributed by atoms with Crippen molar-refractivity contribution in [1.82, 2.24) is 14.6 Å². The highest BCUT2D eigenvalue weighted by Gasteiger charge is 2.14. The largest absolute Gasteiger partial charge is 0.465 e. The molecule has 78 valence electrons. The second-order valence-corrected chi connectivity index (χ2v) is 3.27. The fourth-order valence-electron chi connectivity index (χ4n) is 1.20. The van der Waals surface area contributed by atoms with Crippen molar-refractivity contribution >= 4 is 29.2 Å². The van der Waals surface area contributed by atoms with Crippen LogP contribution in [-0.2, 0) is 0 Å². The minimum atomic E-state index is -1.09. The zero-order valence-corrected chi connectivity index (χ0v) is 8.51. The van der Waals surface area contributed by atoms with Crippen molar-refractivity contribution < 1.29 is 9.90 Å². The van der Waals surface area contributed by atoms with Crippen LogP contribution < -0.4 is 4.90 Å². The number of aromatic nitrogens is 3. The third-order valence-corrected chi connectivity index (χ3v) is 2.13. The maximum absolute atomic E-state index is 10.8. The van der Waals surface area contributed by atoms with Crippen LogP contribution in [0.2, 0.25) is 5.15 Å². The molecule has 2 rings (SSSR count). The normalized spacial score (nSPS) is 10.5. The third-order valence-electron chi connectivity index (χ3n) is 1.94. The van der Waals surface area contributed by atoms with Gasteiger partial charge in [-0.15, -0.1) is 0 Å². The van der Waals surface area contributed by atoms with Crippen LogP contribution in [0.4, 0.5) is 10.6 Å². The lowest BCUT2D eigenvalue weighted by atomic mass is 10.5. The predicted molar refractivity (Wildman–Crippen MR) is 54.4 cm³/mol. The number of carbonyl (C=O) groups is 1. The minimum absolute atomic E-state index is 0.228. The molecule has 0 bridgehead atoms. The molecule has 2 heterocycles. The monoisotopic (exact) mass is 226 g/mol. The van der Waals surface area contributed by atoms with Crippen LogP contribution in [0.15, 0.2) is 18.3 Å². The molecule has 6 nitrogen and oxygen atoms in total. The summed E-state index contributed by atoms with van der Waals surface area (Å²) < 4.78 is 1.40. The highest BCUT2D eigenvalue weighted by molar-refractivity contribution is 6.29. The quantitative estimate of drug-likeness (QED) is 0.748. The summed E-state index contributed by atoms with van der Waals surface area (Å²) in [6.07, 6.45) is 0.437.